The monoisotopic (exact) mass is 400 g/mol. The summed E-state index contributed by atoms with van der Waals surface area (Å²) in [4.78, 5) is 36.5. The van der Waals surface area contributed by atoms with Crippen molar-refractivity contribution in [3.63, 3.8) is 0 Å². The molecule has 0 amide bonds. The van der Waals surface area contributed by atoms with Gasteiger partial charge in [0.25, 0.3) is 11.6 Å². The maximum absolute atomic E-state index is 11.6. The molecule has 0 unspecified atom stereocenters. The number of carbonyl (C=O) groups excluding carboxylic acids is 1. The van der Waals surface area contributed by atoms with Gasteiger partial charge in [-0.25, -0.2) is 4.79 Å². The first-order valence-electron chi connectivity index (χ1n) is 7.96. The molecule has 0 aliphatic rings. The Hall–Kier alpha value is -4.35. The predicted octanol–water partition coefficient (Wildman–Crippen LogP) is 2.92. The zero-order valence-electron chi connectivity index (χ0n) is 14.8. The van der Waals surface area contributed by atoms with Crippen molar-refractivity contribution < 1.29 is 28.6 Å². The van der Waals surface area contributed by atoms with Gasteiger partial charge in [0.15, 0.2) is 12.4 Å². The number of nitrogens with zero attached hydrogens (tertiary/aromatic N) is 4. The molecule has 0 radical (unpaired) electrons. The summed E-state index contributed by atoms with van der Waals surface area (Å²) in [6.45, 7) is -0.326. The molecule has 0 fully saturated rings. The van der Waals surface area contributed by atoms with Gasteiger partial charge < -0.3 is 14.0 Å². The standard InChI is InChI=1S/C17H12N4O8/c1-27-17(22)11-5-6-13(21(25)26)14(8-11)28-9-15-18-16(19-29-15)10-3-2-4-12(7-10)20(23)24/h2-8H,9H2,1H3. The van der Waals surface area contributed by atoms with Crippen LogP contribution in [-0.2, 0) is 11.3 Å². The second kappa shape index (κ2) is 8.12. The van der Waals surface area contributed by atoms with Gasteiger partial charge in [0, 0.05) is 29.8 Å². The zero-order chi connectivity index (χ0) is 21.0. The average molecular weight is 400 g/mol. The Labute approximate surface area is 162 Å². The van der Waals surface area contributed by atoms with E-state index < -0.39 is 15.8 Å². The Morgan fingerprint density at radius 2 is 1.93 bits per heavy atom. The largest absolute Gasteiger partial charge is 0.477 e. The predicted molar refractivity (Wildman–Crippen MR) is 95.2 cm³/mol. The lowest BCUT2D eigenvalue weighted by molar-refractivity contribution is -0.386. The molecule has 148 valence electrons. The Morgan fingerprint density at radius 1 is 1.14 bits per heavy atom. The van der Waals surface area contributed by atoms with Crippen molar-refractivity contribution in [3.05, 3.63) is 74.1 Å². The lowest BCUT2D eigenvalue weighted by Gasteiger charge is -2.06. The van der Waals surface area contributed by atoms with E-state index in [0.29, 0.717) is 5.56 Å². The average Bonchev–Trinajstić information content (AvgIpc) is 3.20. The summed E-state index contributed by atoms with van der Waals surface area (Å²) in [5.74, 6) is -0.808. The number of hydrogen-bond acceptors (Lipinski definition) is 10. The summed E-state index contributed by atoms with van der Waals surface area (Å²) >= 11 is 0. The first kappa shape index (κ1) is 19.4. The highest BCUT2D eigenvalue weighted by molar-refractivity contribution is 5.90. The third-order valence-corrected chi connectivity index (χ3v) is 3.71. The van der Waals surface area contributed by atoms with Crippen LogP contribution in [0.1, 0.15) is 16.2 Å². The maximum atomic E-state index is 11.6. The van der Waals surface area contributed by atoms with E-state index >= 15 is 0 Å². The molecule has 29 heavy (non-hydrogen) atoms. The van der Waals surface area contributed by atoms with Gasteiger partial charge in [-0.05, 0) is 6.07 Å². The van der Waals surface area contributed by atoms with E-state index in [9.17, 15) is 25.0 Å². The van der Waals surface area contributed by atoms with Crippen LogP contribution in [0.15, 0.2) is 47.0 Å². The molecule has 0 aliphatic carbocycles. The second-order valence-corrected chi connectivity index (χ2v) is 5.54. The number of methoxy groups -OCH3 is 1. The number of benzene rings is 2. The van der Waals surface area contributed by atoms with Gasteiger partial charge in [-0.1, -0.05) is 17.3 Å². The SMILES string of the molecule is COC(=O)c1ccc([N+](=O)[O-])c(OCc2nc(-c3cccc([N+](=O)[O-])c3)no2)c1. The number of hydrogen-bond donors (Lipinski definition) is 0. The van der Waals surface area contributed by atoms with E-state index in [4.69, 9.17) is 9.26 Å². The van der Waals surface area contributed by atoms with Crippen LogP contribution in [0.4, 0.5) is 11.4 Å². The van der Waals surface area contributed by atoms with E-state index in [-0.39, 0.29) is 41.0 Å². The zero-order valence-corrected chi connectivity index (χ0v) is 14.8. The van der Waals surface area contributed by atoms with Crippen LogP contribution < -0.4 is 4.74 Å². The van der Waals surface area contributed by atoms with Crippen LogP contribution in [0.2, 0.25) is 0 Å². The smallest absolute Gasteiger partial charge is 0.337 e. The maximum Gasteiger partial charge on any atom is 0.337 e. The third kappa shape index (κ3) is 4.32. The molecule has 3 aromatic rings. The molecule has 1 aromatic heterocycles. The summed E-state index contributed by atoms with van der Waals surface area (Å²) in [6.07, 6.45) is 0. The summed E-state index contributed by atoms with van der Waals surface area (Å²) in [7, 11) is 1.18. The van der Waals surface area contributed by atoms with Crippen molar-refractivity contribution in [2.45, 2.75) is 6.61 Å². The second-order valence-electron chi connectivity index (χ2n) is 5.54. The Bertz CT molecular complexity index is 1090. The van der Waals surface area contributed by atoms with E-state index in [1.54, 1.807) is 6.07 Å². The van der Waals surface area contributed by atoms with Crippen molar-refractivity contribution in [3.8, 4) is 17.1 Å². The van der Waals surface area contributed by atoms with Crippen molar-refractivity contribution in [1.29, 1.82) is 0 Å². The molecule has 2 aromatic carbocycles. The lowest BCUT2D eigenvalue weighted by atomic mass is 10.2. The van der Waals surface area contributed by atoms with E-state index in [2.05, 4.69) is 14.9 Å². The number of ether oxygens (including phenoxy) is 2. The fourth-order valence-corrected chi connectivity index (χ4v) is 2.35. The molecule has 0 bridgehead atoms. The van der Waals surface area contributed by atoms with Crippen molar-refractivity contribution >= 4 is 17.3 Å². The Balaban J connectivity index is 1.80. The molecular weight excluding hydrogens is 388 g/mol. The Morgan fingerprint density at radius 3 is 2.62 bits per heavy atom. The quantitative estimate of drug-likeness (QED) is 0.327. The highest BCUT2D eigenvalue weighted by Gasteiger charge is 2.20. The fourth-order valence-electron chi connectivity index (χ4n) is 2.35. The number of non-ortho nitro benzene ring substituents is 1. The van der Waals surface area contributed by atoms with Crippen LogP contribution in [0.3, 0.4) is 0 Å². The van der Waals surface area contributed by atoms with Crippen LogP contribution in [0.25, 0.3) is 11.4 Å². The minimum atomic E-state index is -0.685. The van der Waals surface area contributed by atoms with Gasteiger partial charge in [0.1, 0.15) is 0 Å². The first-order valence-corrected chi connectivity index (χ1v) is 7.96. The van der Waals surface area contributed by atoms with Gasteiger partial charge in [0.2, 0.25) is 5.82 Å². The summed E-state index contributed by atoms with van der Waals surface area (Å²) < 4.78 is 15.0. The molecule has 0 atom stereocenters. The molecule has 1 heterocycles. The van der Waals surface area contributed by atoms with E-state index in [1.165, 1.54) is 37.4 Å². The van der Waals surface area contributed by atoms with Gasteiger partial charge in [0.05, 0.1) is 22.5 Å². The van der Waals surface area contributed by atoms with Crippen LogP contribution in [0, 0.1) is 20.2 Å². The van der Waals surface area contributed by atoms with Gasteiger partial charge in [-0.2, -0.15) is 4.98 Å². The van der Waals surface area contributed by atoms with Crippen molar-refractivity contribution in [2.24, 2.45) is 0 Å². The number of rotatable bonds is 7. The van der Waals surface area contributed by atoms with Crippen molar-refractivity contribution in [2.75, 3.05) is 7.11 Å². The molecule has 0 saturated heterocycles. The molecule has 0 N–H and O–H groups in total. The highest BCUT2D eigenvalue weighted by atomic mass is 16.6. The minimum absolute atomic E-state index is 0.0238. The van der Waals surface area contributed by atoms with Crippen LogP contribution >= 0.6 is 0 Å². The van der Waals surface area contributed by atoms with Crippen molar-refractivity contribution in [1.82, 2.24) is 10.1 Å². The van der Waals surface area contributed by atoms with E-state index in [0.717, 1.165) is 6.07 Å². The summed E-state index contributed by atoms with van der Waals surface area (Å²) in [5.41, 5.74) is -0.0831. The van der Waals surface area contributed by atoms with Gasteiger partial charge in [-0.15, -0.1) is 0 Å². The molecular formula is C17H12N4O8. The highest BCUT2D eigenvalue weighted by Crippen LogP contribution is 2.29. The number of carbonyl (C=O) groups is 1. The molecule has 12 heteroatoms. The topological polar surface area (TPSA) is 161 Å². The van der Waals surface area contributed by atoms with Crippen LogP contribution in [-0.4, -0.2) is 33.1 Å². The number of nitro benzene ring substituents is 2. The van der Waals surface area contributed by atoms with Gasteiger partial charge >= 0.3 is 11.7 Å². The first-order chi connectivity index (χ1) is 13.9. The number of esters is 1. The Kier molecular flexibility index (Phi) is 5.44. The molecule has 12 nitrogen and oxygen atoms in total. The molecule has 3 rings (SSSR count). The summed E-state index contributed by atoms with van der Waals surface area (Å²) in [5, 5.41) is 25.7. The molecule has 0 spiro atoms. The summed E-state index contributed by atoms with van der Waals surface area (Å²) in [6, 6.07) is 9.16. The molecule has 0 aliphatic heterocycles. The lowest BCUT2D eigenvalue weighted by Crippen LogP contribution is -2.04. The third-order valence-electron chi connectivity index (χ3n) is 3.71. The minimum Gasteiger partial charge on any atom is -0.477 e. The number of nitro groups is 2. The normalized spacial score (nSPS) is 10.4. The number of aromatic nitrogens is 2. The fraction of sp³-hybridized carbons (Fsp3) is 0.118. The van der Waals surface area contributed by atoms with Gasteiger partial charge in [-0.3, -0.25) is 20.2 Å². The van der Waals surface area contributed by atoms with E-state index in [1.807, 2.05) is 0 Å². The van der Waals surface area contributed by atoms with Crippen LogP contribution in [0.5, 0.6) is 5.75 Å². The molecule has 0 saturated carbocycles.